The van der Waals surface area contributed by atoms with Crippen molar-refractivity contribution in [2.75, 3.05) is 31.9 Å². The Morgan fingerprint density at radius 3 is 2.15 bits per heavy atom. The number of benzene rings is 2. The number of nitrogens with zero attached hydrogens (tertiary/aromatic N) is 2. The number of para-hydroxylation sites is 1. The Morgan fingerprint density at radius 1 is 1.06 bits per heavy atom. The zero-order valence-electron chi connectivity index (χ0n) is 19.6. The Morgan fingerprint density at radius 2 is 1.65 bits per heavy atom. The van der Waals surface area contributed by atoms with Crippen LogP contribution in [0.4, 0.5) is 17.3 Å². The van der Waals surface area contributed by atoms with Gasteiger partial charge in [0.15, 0.2) is 0 Å². The topological polar surface area (TPSA) is 85.4 Å². The minimum atomic E-state index is 0.488. The Labute approximate surface area is 210 Å². The van der Waals surface area contributed by atoms with Gasteiger partial charge in [-0.2, -0.15) is 0 Å². The molecule has 3 aromatic rings. The molecule has 0 aliphatic carbocycles. The van der Waals surface area contributed by atoms with E-state index in [9.17, 15) is 0 Å². The van der Waals surface area contributed by atoms with E-state index >= 15 is 0 Å². The minimum absolute atomic E-state index is 0.488. The van der Waals surface area contributed by atoms with Crippen LogP contribution in [0.5, 0.6) is 11.5 Å². The molecule has 3 rings (SSSR count). The summed E-state index contributed by atoms with van der Waals surface area (Å²) in [4.78, 5) is 18.0. The van der Waals surface area contributed by atoms with Gasteiger partial charge in [-0.25, -0.2) is 9.97 Å². The summed E-state index contributed by atoms with van der Waals surface area (Å²) in [6, 6.07) is 7.72. The Kier molecular flexibility index (Phi) is 10.6. The monoisotopic (exact) mass is 502 g/mol. The van der Waals surface area contributed by atoms with Crippen molar-refractivity contribution in [3.63, 3.8) is 0 Å². The van der Waals surface area contributed by atoms with Gasteiger partial charge in [0, 0.05) is 25.5 Å². The Hall–Kier alpha value is -3.29. The average Bonchev–Trinajstić information content (AvgIpc) is 2.86. The van der Waals surface area contributed by atoms with Crippen LogP contribution in [0.1, 0.15) is 16.7 Å². The van der Waals surface area contributed by atoms with Gasteiger partial charge in [0.1, 0.15) is 17.8 Å². The van der Waals surface area contributed by atoms with Crippen LogP contribution in [0.15, 0.2) is 49.3 Å². The molecule has 2 aromatic carbocycles. The normalized spacial score (nSPS) is 9.94. The molecular weight excluding hydrogens is 475 g/mol. The van der Waals surface area contributed by atoms with Crippen molar-refractivity contribution < 1.29 is 14.3 Å². The van der Waals surface area contributed by atoms with Crippen LogP contribution in [-0.4, -0.2) is 37.5 Å². The third-order valence-corrected chi connectivity index (χ3v) is 5.74. The van der Waals surface area contributed by atoms with Gasteiger partial charge in [0.05, 0.1) is 35.6 Å². The number of nitrogens with one attached hydrogen (secondary N) is 2. The molecule has 2 N–H and O–H groups in total. The minimum Gasteiger partial charge on any atom is -0.495 e. The third kappa shape index (κ3) is 6.85. The first-order valence-corrected chi connectivity index (χ1v) is 11.2. The van der Waals surface area contributed by atoms with E-state index in [0.29, 0.717) is 46.6 Å². The van der Waals surface area contributed by atoms with Crippen molar-refractivity contribution >= 4 is 46.8 Å². The number of methoxy groups -OCH3 is 2. The van der Waals surface area contributed by atoms with Gasteiger partial charge in [-0.15, -0.1) is 0 Å². The molecule has 1 heterocycles. The van der Waals surface area contributed by atoms with Gasteiger partial charge in [-0.3, -0.25) is 4.79 Å². The molecule has 180 valence electrons. The maximum Gasteiger partial charge on any atom is 0.227 e. The van der Waals surface area contributed by atoms with Crippen molar-refractivity contribution in [3.8, 4) is 11.5 Å². The maximum atomic E-state index is 9.06. The number of aryl methyl sites for hydroxylation is 2. The summed E-state index contributed by atoms with van der Waals surface area (Å²) in [7, 11) is 5.01. The number of halogens is 2. The summed E-state index contributed by atoms with van der Waals surface area (Å²) < 4.78 is 10.7. The number of allylic oxidation sites excluding steroid dienone is 1. The fraction of sp³-hybridized carbons (Fsp3) is 0.240. The number of hydrogen-bond acceptors (Lipinski definition) is 7. The molecule has 0 unspecified atom stereocenters. The predicted octanol–water partition coefficient (Wildman–Crippen LogP) is 6.05. The van der Waals surface area contributed by atoms with Gasteiger partial charge >= 0.3 is 0 Å². The maximum absolute atomic E-state index is 9.06. The second-order valence-electron chi connectivity index (χ2n) is 7.05. The summed E-state index contributed by atoms with van der Waals surface area (Å²) in [5.41, 5.74) is 4.78. The predicted molar refractivity (Wildman–Crippen MR) is 139 cm³/mol. The number of aldehydes is 1. The van der Waals surface area contributed by atoms with Crippen LogP contribution in [0.2, 0.25) is 10.0 Å². The molecule has 0 spiro atoms. The van der Waals surface area contributed by atoms with E-state index in [1.807, 2.05) is 32.2 Å². The molecule has 0 radical (unpaired) electrons. The first-order chi connectivity index (χ1) is 16.4. The highest BCUT2D eigenvalue weighted by atomic mass is 35.5. The van der Waals surface area contributed by atoms with Crippen LogP contribution >= 0.6 is 23.2 Å². The molecule has 1 aromatic heterocycles. The van der Waals surface area contributed by atoms with Gasteiger partial charge in [-0.1, -0.05) is 41.9 Å². The van der Waals surface area contributed by atoms with Crippen LogP contribution in [0, 0.1) is 6.92 Å². The van der Waals surface area contributed by atoms with E-state index in [1.165, 1.54) is 6.08 Å². The highest BCUT2D eigenvalue weighted by Crippen LogP contribution is 2.40. The highest BCUT2D eigenvalue weighted by Gasteiger charge is 2.17. The number of carbonyl (C=O) groups is 1. The van der Waals surface area contributed by atoms with Gasteiger partial charge in [0.25, 0.3) is 0 Å². The number of anilines is 3. The van der Waals surface area contributed by atoms with Crippen LogP contribution in [0.25, 0.3) is 0 Å². The van der Waals surface area contributed by atoms with Crippen molar-refractivity contribution in [2.45, 2.75) is 19.8 Å². The summed E-state index contributed by atoms with van der Waals surface area (Å²) in [5, 5.41) is 7.43. The molecule has 0 bridgehead atoms. The SMILES string of the molecule is C=CC=O.CNc1cccc(C)c1Nc1ncc(CCc2c(Cl)c(OC)cc(OC)c2Cl)cn1. The summed E-state index contributed by atoms with van der Waals surface area (Å²) >= 11 is 12.9. The number of carbonyl (C=O) groups excluding carboxylic acids is 1. The zero-order valence-corrected chi connectivity index (χ0v) is 21.1. The quantitative estimate of drug-likeness (QED) is 0.272. The first-order valence-electron chi connectivity index (χ1n) is 10.4. The molecule has 0 aliphatic rings. The van der Waals surface area contributed by atoms with Crippen LogP contribution in [0.3, 0.4) is 0 Å². The molecule has 9 heteroatoms. The number of ether oxygens (including phenoxy) is 2. The largest absolute Gasteiger partial charge is 0.495 e. The lowest BCUT2D eigenvalue weighted by atomic mass is 10.1. The van der Waals surface area contributed by atoms with Crippen molar-refractivity contribution in [3.05, 3.63) is 76.0 Å². The Bertz CT molecular complexity index is 1090. The van der Waals surface area contributed by atoms with E-state index < -0.39 is 0 Å². The lowest BCUT2D eigenvalue weighted by Gasteiger charge is -2.15. The molecule has 0 amide bonds. The van der Waals surface area contributed by atoms with Gasteiger partial charge in [-0.05, 0) is 48.6 Å². The third-order valence-electron chi connectivity index (χ3n) is 4.91. The summed E-state index contributed by atoms with van der Waals surface area (Å²) in [6.45, 7) is 5.15. The molecule has 0 saturated carbocycles. The molecular formula is C25H28Cl2N4O3. The fourth-order valence-corrected chi connectivity index (χ4v) is 3.82. The molecule has 0 atom stereocenters. The standard InChI is InChI=1S/C22H24Cl2N4O2.C3H4O/c1-13-6-5-7-16(25-2)21(13)28-22-26-11-14(12-27-22)8-9-15-19(23)17(29-3)10-18(30-4)20(15)24;1-2-3-4/h5-7,10-12,25H,8-9H2,1-4H3,(H,26,27,28);2-3H,1H2. The molecule has 0 fully saturated rings. The zero-order chi connectivity index (χ0) is 25.1. The van der Waals surface area contributed by atoms with E-state index in [1.54, 1.807) is 32.7 Å². The van der Waals surface area contributed by atoms with E-state index in [2.05, 4.69) is 27.2 Å². The number of rotatable bonds is 9. The van der Waals surface area contributed by atoms with Crippen LogP contribution < -0.4 is 20.1 Å². The van der Waals surface area contributed by atoms with Crippen molar-refractivity contribution in [1.82, 2.24) is 9.97 Å². The molecule has 0 saturated heterocycles. The lowest BCUT2D eigenvalue weighted by Crippen LogP contribution is -2.03. The van der Waals surface area contributed by atoms with Crippen molar-refractivity contribution in [2.24, 2.45) is 0 Å². The van der Waals surface area contributed by atoms with Crippen LogP contribution in [-0.2, 0) is 17.6 Å². The Balaban J connectivity index is 0.000000945. The highest BCUT2D eigenvalue weighted by molar-refractivity contribution is 6.37. The smallest absolute Gasteiger partial charge is 0.227 e. The second kappa shape index (κ2) is 13.4. The van der Waals surface area contributed by atoms with E-state index in [4.69, 9.17) is 37.5 Å². The van der Waals surface area contributed by atoms with Gasteiger partial charge < -0.3 is 20.1 Å². The number of aromatic nitrogens is 2. The molecule has 7 nitrogen and oxygen atoms in total. The fourth-order valence-electron chi connectivity index (χ4n) is 3.13. The lowest BCUT2D eigenvalue weighted by molar-refractivity contribution is -0.104. The van der Waals surface area contributed by atoms with E-state index in [-0.39, 0.29) is 0 Å². The number of hydrogen-bond donors (Lipinski definition) is 2. The summed E-state index contributed by atoms with van der Waals surface area (Å²) in [5.74, 6) is 1.59. The molecule has 34 heavy (non-hydrogen) atoms. The summed E-state index contributed by atoms with van der Waals surface area (Å²) in [6.07, 6.45) is 6.70. The average molecular weight is 503 g/mol. The van der Waals surface area contributed by atoms with Gasteiger partial charge in [0.2, 0.25) is 5.95 Å². The first kappa shape index (κ1) is 27.0. The van der Waals surface area contributed by atoms with E-state index in [0.717, 1.165) is 28.1 Å². The van der Waals surface area contributed by atoms with Crippen molar-refractivity contribution in [1.29, 1.82) is 0 Å². The second-order valence-corrected chi connectivity index (χ2v) is 7.80. The molecule has 0 aliphatic heterocycles.